The molecule has 0 saturated carbocycles. The van der Waals surface area contributed by atoms with E-state index in [1.165, 1.54) is 0 Å². The molecule has 4 nitrogen and oxygen atoms in total. The van der Waals surface area contributed by atoms with Crippen molar-refractivity contribution < 1.29 is 9.32 Å². The highest BCUT2D eigenvalue weighted by atomic mass is 79.9. The summed E-state index contributed by atoms with van der Waals surface area (Å²) >= 11 is 3.37. The molecule has 0 spiro atoms. The fourth-order valence-electron chi connectivity index (χ4n) is 1.89. The first kappa shape index (κ1) is 13.8. The van der Waals surface area contributed by atoms with E-state index >= 15 is 0 Å². The molecule has 5 heteroatoms. The number of hydrogen-bond acceptors (Lipinski definition) is 3. The molecule has 0 aliphatic carbocycles. The maximum atomic E-state index is 11.9. The van der Waals surface area contributed by atoms with Crippen molar-refractivity contribution in [1.29, 1.82) is 0 Å². The lowest BCUT2D eigenvalue weighted by Gasteiger charge is -2.05. The van der Waals surface area contributed by atoms with E-state index in [-0.39, 0.29) is 5.91 Å². The van der Waals surface area contributed by atoms with Gasteiger partial charge in [0.05, 0.1) is 5.69 Å². The Labute approximate surface area is 120 Å². The lowest BCUT2D eigenvalue weighted by molar-refractivity contribution is -0.116. The van der Waals surface area contributed by atoms with Gasteiger partial charge >= 0.3 is 0 Å². The third kappa shape index (κ3) is 3.67. The van der Waals surface area contributed by atoms with Crippen LogP contribution in [0.4, 0.5) is 5.69 Å². The molecule has 1 heterocycles. The van der Waals surface area contributed by atoms with Crippen molar-refractivity contribution in [2.75, 3.05) is 5.32 Å². The van der Waals surface area contributed by atoms with Crippen LogP contribution in [0.1, 0.15) is 23.4 Å². The van der Waals surface area contributed by atoms with Gasteiger partial charge in [-0.05, 0) is 38.5 Å². The number of carbonyl (C=O) groups excluding carboxylic acids is 1. The minimum Gasteiger partial charge on any atom is -0.361 e. The highest BCUT2D eigenvalue weighted by molar-refractivity contribution is 9.10. The van der Waals surface area contributed by atoms with E-state index in [4.69, 9.17) is 4.52 Å². The molecule has 1 aromatic carbocycles. The molecule has 0 saturated heterocycles. The molecular weight excluding hydrogens is 308 g/mol. The molecule has 1 amide bonds. The van der Waals surface area contributed by atoms with Crippen LogP contribution in [0, 0.1) is 13.8 Å². The Kier molecular flexibility index (Phi) is 4.37. The van der Waals surface area contributed by atoms with Crippen LogP contribution in [0.25, 0.3) is 0 Å². The Morgan fingerprint density at radius 3 is 2.84 bits per heavy atom. The predicted molar refractivity (Wildman–Crippen MR) is 77.1 cm³/mol. The molecule has 0 unspecified atom stereocenters. The molecule has 0 radical (unpaired) electrons. The third-order valence-corrected chi connectivity index (χ3v) is 3.38. The van der Waals surface area contributed by atoms with Gasteiger partial charge in [-0.25, -0.2) is 0 Å². The normalized spacial score (nSPS) is 10.5. The zero-order chi connectivity index (χ0) is 13.8. The number of halogens is 1. The zero-order valence-corrected chi connectivity index (χ0v) is 12.5. The van der Waals surface area contributed by atoms with Crippen molar-refractivity contribution in [2.45, 2.75) is 26.7 Å². The number of nitrogens with zero attached hydrogens (tertiary/aromatic N) is 1. The van der Waals surface area contributed by atoms with E-state index in [0.29, 0.717) is 12.8 Å². The Balaban J connectivity index is 1.92. The van der Waals surface area contributed by atoms with Crippen LogP contribution in [-0.2, 0) is 11.2 Å². The van der Waals surface area contributed by atoms with Gasteiger partial charge in [0.15, 0.2) is 0 Å². The Hall–Kier alpha value is -1.62. The molecule has 2 rings (SSSR count). The van der Waals surface area contributed by atoms with Gasteiger partial charge in [0.1, 0.15) is 5.76 Å². The second-order valence-electron chi connectivity index (χ2n) is 4.36. The number of amides is 1. The first-order valence-electron chi connectivity index (χ1n) is 6.03. The van der Waals surface area contributed by atoms with Crippen molar-refractivity contribution >= 4 is 27.5 Å². The van der Waals surface area contributed by atoms with E-state index in [1.807, 2.05) is 38.1 Å². The topological polar surface area (TPSA) is 55.1 Å². The van der Waals surface area contributed by atoms with E-state index in [1.54, 1.807) is 0 Å². The summed E-state index contributed by atoms with van der Waals surface area (Å²) in [5.41, 5.74) is 2.66. The number of aryl methyl sites for hydroxylation is 2. The molecular formula is C14H15BrN2O2. The number of nitrogens with one attached hydrogen (secondary N) is 1. The van der Waals surface area contributed by atoms with E-state index in [0.717, 1.165) is 27.2 Å². The van der Waals surface area contributed by atoms with Gasteiger partial charge in [-0.3, -0.25) is 4.79 Å². The van der Waals surface area contributed by atoms with Crippen LogP contribution in [0.5, 0.6) is 0 Å². The SMILES string of the molecule is Cc1noc(C)c1CCC(=O)Nc1cccc(Br)c1. The number of rotatable bonds is 4. The van der Waals surface area contributed by atoms with Crippen molar-refractivity contribution in [3.05, 3.63) is 45.8 Å². The average Bonchev–Trinajstić information content (AvgIpc) is 2.67. The number of anilines is 1. The van der Waals surface area contributed by atoms with E-state index < -0.39 is 0 Å². The summed E-state index contributed by atoms with van der Waals surface area (Å²) in [5.74, 6) is 0.769. The second-order valence-corrected chi connectivity index (χ2v) is 5.28. The molecule has 1 N–H and O–H groups in total. The predicted octanol–water partition coefficient (Wildman–Crippen LogP) is 3.63. The van der Waals surface area contributed by atoms with Crippen LogP contribution in [0.15, 0.2) is 33.3 Å². The zero-order valence-electron chi connectivity index (χ0n) is 10.9. The molecule has 0 atom stereocenters. The fraction of sp³-hybridized carbons (Fsp3) is 0.286. The van der Waals surface area contributed by atoms with Crippen molar-refractivity contribution in [1.82, 2.24) is 5.16 Å². The molecule has 0 aliphatic rings. The Morgan fingerprint density at radius 1 is 1.42 bits per heavy atom. The highest BCUT2D eigenvalue weighted by Crippen LogP contribution is 2.17. The summed E-state index contributed by atoms with van der Waals surface area (Å²) in [6.45, 7) is 3.75. The lowest BCUT2D eigenvalue weighted by atomic mass is 10.1. The number of hydrogen-bond donors (Lipinski definition) is 1. The first-order chi connectivity index (χ1) is 9.06. The van der Waals surface area contributed by atoms with Gasteiger partial charge < -0.3 is 9.84 Å². The molecule has 1 aromatic heterocycles. The molecule has 100 valence electrons. The van der Waals surface area contributed by atoms with Gasteiger partial charge in [0.2, 0.25) is 5.91 Å². The molecule has 2 aromatic rings. The maximum absolute atomic E-state index is 11.9. The monoisotopic (exact) mass is 322 g/mol. The smallest absolute Gasteiger partial charge is 0.224 e. The second kappa shape index (κ2) is 6.02. The van der Waals surface area contributed by atoms with Gasteiger partial charge in [-0.2, -0.15) is 0 Å². The first-order valence-corrected chi connectivity index (χ1v) is 6.82. The summed E-state index contributed by atoms with van der Waals surface area (Å²) in [5, 5.41) is 6.74. The number of benzene rings is 1. The lowest BCUT2D eigenvalue weighted by Crippen LogP contribution is -2.12. The van der Waals surface area contributed by atoms with Crippen molar-refractivity contribution in [3.8, 4) is 0 Å². The standard InChI is InChI=1S/C14H15BrN2O2/c1-9-13(10(2)19-17-9)6-7-14(18)16-12-5-3-4-11(15)8-12/h3-5,8H,6-7H2,1-2H3,(H,16,18). The summed E-state index contributed by atoms with van der Waals surface area (Å²) in [4.78, 5) is 11.9. The summed E-state index contributed by atoms with van der Waals surface area (Å²) in [6, 6.07) is 7.53. The average molecular weight is 323 g/mol. The minimum absolute atomic E-state index is 0.0156. The number of aromatic nitrogens is 1. The fourth-order valence-corrected chi connectivity index (χ4v) is 2.29. The molecule has 0 aliphatic heterocycles. The minimum atomic E-state index is -0.0156. The van der Waals surface area contributed by atoms with Crippen LogP contribution in [0.3, 0.4) is 0 Å². The molecule has 0 bridgehead atoms. The van der Waals surface area contributed by atoms with Crippen molar-refractivity contribution in [3.63, 3.8) is 0 Å². The van der Waals surface area contributed by atoms with E-state index in [2.05, 4.69) is 26.4 Å². The van der Waals surface area contributed by atoms with E-state index in [9.17, 15) is 4.79 Å². The van der Waals surface area contributed by atoms with Crippen LogP contribution < -0.4 is 5.32 Å². The summed E-state index contributed by atoms with van der Waals surface area (Å²) in [7, 11) is 0. The van der Waals surface area contributed by atoms with Crippen LogP contribution >= 0.6 is 15.9 Å². The Morgan fingerprint density at radius 2 is 2.21 bits per heavy atom. The highest BCUT2D eigenvalue weighted by Gasteiger charge is 2.11. The molecule has 19 heavy (non-hydrogen) atoms. The van der Waals surface area contributed by atoms with Crippen molar-refractivity contribution in [2.24, 2.45) is 0 Å². The van der Waals surface area contributed by atoms with Gasteiger partial charge in [0.25, 0.3) is 0 Å². The van der Waals surface area contributed by atoms with Crippen LogP contribution in [0.2, 0.25) is 0 Å². The maximum Gasteiger partial charge on any atom is 0.224 e. The number of carbonyl (C=O) groups is 1. The molecule has 0 fully saturated rings. The van der Waals surface area contributed by atoms with Gasteiger partial charge in [0, 0.05) is 22.1 Å². The third-order valence-electron chi connectivity index (χ3n) is 2.89. The summed E-state index contributed by atoms with van der Waals surface area (Å²) < 4.78 is 6.01. The van der Waals surface area contributed by atoms with Gasteiger partial charge in [-0.15, -0.1) is 0 Å². The summed E-state index contributed by atoms with van der Waals surface area (Å²) in [6.07, 6.45) is 1.05. The largest absolute Gasteiger partial charge is 0.361 e. The van der Waals surface area contributed by atoms with Gasteiger partial charge in [-0.1, -0.05) is 27.2 Å². The Bertz CT molecular complexity index is 573. The quantitative estimate of drug-likeness (QED) is 0.935. The van der Waals surface area contributed by atoms with Crippen LogP contribution in [-0.4, -0.2) is 11.1 Å².